The van der Waals surface area contributed by atoms with Gasteiger partial charge in [-0.3, -0.25) is 0 Å². The maximum absolute atomic E-state index is 3.48. The summed E-state index contributed by atoms with van der Waals surface area (Å²) < 4.78 is 0. The summed E-state index contributed by atoms with van der Waals surface area (Å²) in [6, 6.07) is 0.751. The maximum atomic E-state index is 3.48. The molecular formula is C22H38N2. The molecule has 0 bridgehead atoms. The molecule has 1 saturated heterocycles. The normalized spacial score (nSPS) is 36.2. The maximum Gasteiger partial charge on any atom is 0.00884 e. The Kier molecular flexibility index (Phi) is 4.88. The molecule has 2 nitrogen and oxygen atoms in total. The van der Waals surface area contributed by atoms with Crippen molar-refractivity contribution in [1.29, 1.82) is 0 Å². The van der Waals surface area contributed by atoms with Gasteiger partial charge >= 0.3 is 0 Å². The highest BCUT2D eigenvalue weighted by atomic mass is 15.1. The molecule has 0 aromatic heterocycles. The van der Waals surface area contributed by atoms with Gasteiger partial charge in [0, 0.05) is 14.0 Å². The molecule has 3 fully saturated rings. The molecule has 0 amide bonds. The van der Waals surface area contributed by atoms with Crippen molar-refractivity contribution in [3.05, 3.63) is 23.8 Å². The fraction of sp³-hybridized carbons (Fsp3) is 0.818. The lowest BCUT2D eigenvalue weighted by Crippen LogP contribution is -2.45. The summed E-state index contributed by atoms with van der Waals surface area (Å²) in [7, 11) is 2.13. The van der Waals surface area contributed by atoms with Crippen LogP contribution in [0.5, 0.6) is 0 Å². The van der Waals surface area contributed by atoms with Crippen molar-refractivity contribution in [2.75, 3.05) is 26.7 Å². The van der Waals surface area contributed by atoms with Crippen LogP contribution in [0.3, 0.4) is 0 Å². The summed E-state index contributed by atoms with van der Waals surface area (Å²) >= 11 is 0. The first-order valence-corrected chi connectivity index (χ1v) is 10.5. The van der Waals surface area contributed by atoms with E-state index in [9.17, 15) is 0 Å². The van der Waals surface area contributed by atoms with Gasteiger partial charge < -0.3 is 10.2 Å². The highest BCUT2D eigenvalue weighted by Gasteiger charge is 2.58. The Balaban J connectivity index is 0.00000182. The van der Waals surface area contributed by atoms with Crippen LogP contribution in [0.2, 0.25) is 0 Å². The number of hydrogen-bond donors (Lipinski definition) is 1. The average Bonchev–Trinajstić information content (AvgIpc) is 3.35. The molecule has 0 aromatic rings. The Labute approximate surface area is 150 Å². The number of fused-ring (bicyclic) bond motifs is 1. The SMILES string of the molecule is CNC1CCN(CC(C2CCCCC2)C23C=C(C)C=CC2C3)CC1.[HH]. The lowest BCUT2D eigenvalue weighted by Gasteiger charge is -2.41. The van der Waals surface area contributed by atoms with Crippen molar-refractivity contribution in [2.24, 2.45) is 23.2 Å². The molecule has 1 aliphatic heterocycles. The van der Waals surface area contributed by atoms with Gasteiger partial charge in [-0.15, -0.1) is 0 Å². The van der Waals surface area contributed by atoms with Crippen molar-refractivity contribution >= 4 is 0 Å². The van der Waals surface area contributed by atoms with Crippen LogP contribution in [0.25, 0.3) is 0 Å². The molecule has 1 N–H and O–H groups in total. The summed E-state index contributed by atoms with van der Waals surface area (Å²) in [5, 5.41) is 3.48. The number of hydrogen-bond acceptors (Lipinski definition) is 2. The number of rotatable bonds is 5. The van der Waals surface area contributed by atoms with Crippen molar-refractivity contribution in [3.8, 4) is 0 Å². The summed E-state index contributed by atoms with van der Waals surface area (Å²) in [4.78, 5) is 2.80. The fourth-order valence-corrected chi connectivity index (χ4v) is 5.99. The van der Waals surface area contributed by atoms with Gasteiger partial charge in [0.15, 0.2) is 0 Å². The van der Waals surface area contributed by atoms with E-state index in [0.29, 0.717) is 5.41 Å². The molecule has 3 aliphatic carbocycles. The molecule has 24 heavy (non-hydrogen) atoms. The molecule has 4 aliphatic rings. The van der Waals surface area contributed by atoms with Crippen molar-refractivity contribution in [2.45, 2.75) is 64.3 Å². The second-order valence-corrected chi connectivity index (χ2v) is 9.04. The first kappa shape index (κ1) is 16.8. The summed E-state index contributed by atoms with van der Waals surface area (Å²) in [6.07, 6.45) is 19.1. The monoisotopic (exact) mass is 330 g/mol. The van der Waals surface area contributed by atoms with Crippen LogP contribution in [0.1, 0.15) is 59.7 Å². The lowest BCUT2D eigenvalue weighted by atomic mass is 9.69. The van der Waals surface area contributed by atoms with Gasteiger partial charge in [-0.05, 0) is 69.5 Å². The molecule has 3 atom stereocenters. The summed E-state index contributed by atoms with van der Waals surface area (Å²) in [6.45, 7) is 6.26. The molecule has 0 radical (unpaired) electrons. The minimum absolute atomic E-state index is 0. The van der Waals surface area contributed by atoms with E-state index in [2.05, 4.69) is 42.4 Å². The van der Waals surface area contributed by atoms with E-state index in [4.69, 9.17) is 0 Å². The van der Waals surface area contributed by atoms with Crippen LogP contribution < -0.4 is 5.32 Å². The van der Waals surface area contributed by atoms with Crippen LogP contribution >= 0.6 is 0 Å². The highest BCUT2D eigenvalue weighted by Crippen LogP contribution is 2.64. The zero-order valence-electron chi connectivity index (χ0n) is 15.8. The molecule has 136 valence electrons. The Hall–Kier alpha value is -0.600. The zero-order chi connectivity index (χ0) is 16.6. The van der Waals surface area contributed by atoms with E-state index in [0.717, 1.165) is 23.8 Å². The number of allylic oxidation sites excluding steroid dienone is 4. The second-order valence-electron chi connectivity index (χ2n) is 9.04. The van der Waals surface area contributed by atoms with Crippen LogP contribution in [-0.4, -0.2) is 37.6 Å². The van der Waals surface area contributed by atoms with E-state index in [1.54, 1.807) is 0 Å². The Morgan fingerprint density at radius 1 is 1.21 bits per heavy atom. The van der Waals surface area contributed by atoms with Gasteiger partial charge in [-0.25, -0.2) is 0 Å². The first-order chi connectivity index (χ1) is 11.7. The van der Waals surface area contributed by atoms with Gasteiger partial charge in [-0.1, -0.05) is 55.9 Å². The number of nitrogens with zero attached hydrogens (tertiary/aromatic N) is 1. The molecule has 0 spiro atoms. The molecule has 4 rings (SSSR count). The molecule has 3 unspecified atom stereocenters. The van der Waals surface area contributed by atoms with Crippen LogP contribution in [0.15, 0.2) is 23.8 Å². The van der Waals surface area contributed by atoms with E-state index >= 15 is 0 Å². The van der Waals surface area contributed by atoms with Crippen molar-refractivity contribution in [3.63, 3.8) is 0 Å². The van der Waals surface area contributed by atoms with Gasteiger partial charge in [0.25, 0.3) is 0 Å². The van der Waals surface area contributed by atoms with Gasteiger partial charge in [0.05, 0.1) is 0 Å². The number of nitrogens with one attached hydrogen (secondary N) is 1. The van der Waals surface area contributed by atoms with E-state index in [-0.39, 0.29) is 1.43 Å². The standard InChI is InChI=1S/C22H36N2.H2/c1-17-8-9-19-15-22(19,14-17)21(18-6-4-3-5-7-18)16-24-12-10-20(23-2)11-13-24;/h8-9,14,18-21,23H,3-7,10-13,15-16H2,1-2H3;1H. The third-order valence-corrected chi connectivity index (χ3v) is 7.55. The third-order valence-electron chi connectivity index (χ3n) is 7.55. The van der Waals surface area contributed by atoms with Gasteiger partial charge in [0.2, 0.25) is 0 Å². The largest absolute Gasteiger partial charge is 0.317 e. The molecule has 1 heterocycles. The number of piperidine rings is 1. The van der Waals surface area contributed by atoms with E-state index < -0.39 is 0 Å². The number of likely N-dealkylation sites (tertiary alicyclic amines) is 1. The van der Waals surface area contributed by atoms with E-state index in [1.807, 2.05) is 0 Å². The predicted molar refractivity (Wildman–Crippen MR) is 104 cm³/mol. The lowest BCUT2D eigenvalue weighted by molar-refractivity contribution is 0.0985. The fourth-order valence-electron chi connectivity index (χ4n) is 5.99. The first-order valence-electron chi connectivity index (χ1n) is 10.5. The predicted octanol–water partition coefficient (Wildman–Crippen LogP) is 4.64. The smallest absolute Gasteiger partial charge is 0.00884 e. The van der Waals surface area contributed by atoms with Crippen molar-refractivity contribution in [1.82, 2.24) is 10.2 Å². The second kappa shape index (κ2) is 6.96. The Morgan fingerprint density at radius 3 is 2.67 bits per heavy atom. The molecule has 2 heteroatoms. The Morgan fingerprint density at radius 2 is 1.96 bits per heavy atom. The van der Waals surface area contributed by atoms with E-state index in [1.165, 1.54) is 76.6 Å². The minimum atomic E-state index is 0. The molecule has 2 saturated carbocycles. The summed E-state index contributed by atoms with van der Waals surface area (Å²) in [5.41, 5.74) is 2.04. The van der Waals surface area contributed by atoms with Crippen molar-refractivity contribution < 1.29 is 1.43 Å². The van der Waals surface area contributed by atoms with Crippen LogP contribution in [0.4, 0.5) is 0 Å². The minimum Gasteiger partial charge on any atom is -0.317 e. The van der Waals surface area contributed by atoms with Gasteiger partial charge in [-0.2, -0.15) is 0 Å². The van der Waals surface area contributed by atoms with Crippen LogP contribution in [-0.2, 0) is 0 Å². The molecule has 0 aromatic carbocycles. The molecular weight excluding hydrogens is 292 g/mol. The third kappa shape index (κ3) is 3.24. The summed E-state index contributed by atoms with van der Waals surface area (Å²) in [5.74, 6) is 2.72. The van der Waals surface area contributed by atoms with Gasteiger partial charge in [0.1, 0.15) is 0 Å². The quantitative estimate of drug-likeness (QED) is 0.790. The highest BCUT2D eigenvalue weighted by molar-refractivity contribution is 5.36. The Bertz CT molecular complexity index is 500. The average molecular weight is 331 g/mol. The zero-order valence-corrected chi connectivity index (χ0v) is 15.8. The topological polar surface area (TPSA) is 15.3 Å². The van der Waals surface area contributed by atoms with Crippen LogP contribution in [0, 0.1) is 23.2 Å².